The number of amides is 1. The number of carboxylic acids is 1. The lowest BCUT2D eigenvalue weighted by molar-refractivity contribution is 0.0697. The maximum atomic E-state index is 13.9. The van der Waals surface area contributed by atoms with Crippen LogP contribution < -0.4 is 15.0 Å². The number of carbonyl (C=O) groups is 2. The molecule has 2 aromatic heterocycles. The van der Waals surface area contributed by atoms with Gasteiger partial charge in [-0.2, -0.15) is 5.10 Å². The standard InChI is InChI=1S/C38H42ClN5O4/c1-22-18-27(19-23(2)34(22)39)48-17-9-12-29-28-10-8-11-30(33-24(3)42-43(5)25(33)4)35(28)41-36(29)37(45)40-21-26-13-14-32(31(20-26)38(46)47)44-15-6-7-16-44/h8,10-11,13-14,18-20,41H,6-7,9,12,15-17,21H2,1-5H3,(H,40,45)(H,46,47). The van der Waals surface area contributed by atoms with Crippen LogP contribution in [0.5, 0.6) is 5.75 Å². The molecule has 1 aliphatic heterocycles. The molecule has 3 N–H and O–H groups in total. The lowest BCUT2D eigenvalue weighted by Gasteiger charge is -2.20. The van der Waals surface area contributed by atoms with Gasteiger partial charge < -0.3 is 25.0 Å². The molecule has 3 heterocycles. The van der Waals surface area contributed by atoms with E-state index in [4.69, 9.17) is 16.3 Å². The highest BCUT2D eigenvalue weighted by atomic mass is 35.5. The number of ether oxygens (including phenoxy) is 1. The summed E-state index contributed by atoms with van der Waals surface area (Å²) in [4.78, 5) is 31.7. The lowest BCUT2D eigenvalue weighted by atomic mass is 9.98. The van der Waals surface area contributed by atoms with E-state index >= 15 is 0 Å². The van der Waals surface area contributed by atoms with Gasteiger partial charge in [0.15, 0.2) is 0 Å². The Labute approximate surface area is 285 Å². The molecule has 1 saturated heterocycles. The van der Waals surface area contributed by atoms with Gasteiger partial charge >= 0.3 is 5.97 Å². The van der Waals surface area contributed by atoms with Crippen molar-refractivity contribution in [2.24, 2.45) is 7.05 Å². The highest BCUT2D eigenvalue weighted by Gasteiger charge is 2.23. The molecule has 3 aromatic carbocycles. The fourth-order valence-electron chi connectivity index (χ4n) is 6.90. The van der Waals surface area contributed by atoms with E-state index in [9.17, 15) is 14.7 Å². The number of para-hydroxylation sites is 1. The van der Waals surface area contributed by atoms with Crippen molar-refractivity contribution in [3.05, 3.63) is 98.5 Å². The molecular formula is C38H42ClN5O4. The average Bonchev–Trinajstić information content (AvgIpc) is 3.79. The minimum Gasteiger partial charge on any atom is -0.494 e. The highest BCUT2D eigenvalue weighted by Crippen LogP contribution is 2.36. The number of nitrogens with one attached hydrogen (secondary N) is 2. The van der Waals surface area contributed by atoms with Gasteiger partial charge in [-0.05, 0) is 99.9 Å². The number of anilines is 1. The number of carboxylic acid groups (broad SMARTS) is 1. The van der Waals surface area contributed by atoms with Crippen molar-refractivity contribution >= 4 is 40.1 Å². The van der Waals surface area contributed by atoms with E-state index < -0.39 is 5.97 Å². The quantitative estimate of drug-likeness (QED) is 0.125. The maximum absolute atomic E-state index is 13.9. The molecule has 0 spiro atoms. The SMILES string of the molecule is Cc1cc(OCCCc2c(C(=O)NCc3ccc(N4CCCC4)c(C(=O)O)c3)[nH]c3c(-c4c(C)nn(C)c4C)cccc23)cc(C)c1Cl. The van der Waals surface area contributed by atoms with Crippen molar-refractivity contribution in [1.29, 1.82) is 0 Å². The van der Waals surface area contributed by atoms with Gasteiger partial charge in [-0.25, -0.2) is 4.79 Å². The zero-order valence-corrected chi connectivity index (χ0v) is 28.9. The summed E-state index contributed by atoms with van der Waals surface area (Å²) in [5, 5.41) is 19.4. The van der Waals surface area contributed by atoms with Crippen LogP contribution in [0.4, 0.5) is 5.69 Å². The van der Waals surface area contributed by atoms with Crippen molar-refractivity contribution in [1.82, 2.24) is 20.1 Å². The van der Waals surface area contributed by atoms with Gasteiger partial charge in [-0.15, -0.1) is 0 Å². The average molecular weight is 668 g/mol. The maximum Gasteiger partial charge on any atom is 0.337 e. The summed E-state index contributed by atoms with van der Waals surface area (Å²) in [5.74, 6) is -0.452. The van der Waals surface area contributed by atoms with Crippen molar-refractivity contribution in [2.45, 2.75) is 59.9 Å². The summed E-state index contributed by atoms with van der Waals surface area (Å²) in [5.41, 5.74) is 9.91. The van der Waals surface area contributed by atoms with Crippen molar-refractivity contribution in [3.63, 3.8) is 0 Å². The molecule has 48 heavy (non-hydrogen) atoms. The van der Waals surface area contributed by atoms with Crippen LogP contribution in [0.1, 0.15) is 73.8 Å². The molecule has 0 bridgehead atoms. The second kappa shape index (κ2) is 13.8. The zero-order valence-electron chi connectivity index (χ0n) is 28.2. The number of aryl methyl sites for hydroxylation is 5. The Morgan fingerprint density at radius 2 is 1.77 bits per heavy atom. The predicted octanol–water partition coefficient (Wildman–Crippen LogP) is 7.70. The van der Waals surface area contributed by atoms with E-state index in [1.165, 1.54) is 0 Å². The van der Waals surface area contributed by atoms with Crippen LogP contribution in [-0.2, 0) is 20.0 Å². The van der Waals surface area contributed by atoms with Crippen LogP contribution >= 0.6 is 11.6 Å². The Bertz CT molecular complexity index is 2000. The topological polar surface area (TPSA) is 112 Å². The number of carbonyl (C=O) groups excluding carboxylic acids is 1. The second-order valence-corrected chi connectivity index (χ2v) is 13.1. The molecule has 1 amide bonds. The molecular weight excluding hydrogens is 626 g/mol. The molecule has 0 aliphatic carbocycles. The number of hydrogen-bond acceptors (Lipinski definition) is 5. The molecule has 10 heteroatoms. The Morgan fingerprint density at radius 1 is 1.04 bits per heavy atom. The number of nitrogens with zero attached hydrogens (tertiary/aromatic N) is 3. The van der Waals surface area contributed by atoms with Crippen LogP contribution in [0.15, 0.2) is 48.5 Å². The van der Waals surface area contributed by atoms with Gasteiger partial charge in [0.05, 0.1) is 29.1 Å². The number of fused-ring (bicyclic) bond motifs is 1. The zero-order chi connectivity index (χ0) is 34.1. The summed E-state index contributed by atoms with van der Waals surface area (Å²) >= 11 is 6.35. The number of rotatable bonds is 11. The molecule has 250 valence electrons. The van der Waals surface area contributed by atoms with Crippen molar-refractivity contribution in [3.8, 4) is 16.9 Å². The minimum absolute atomic E-state index is 0.195. The first-order chi connectivity index (χ1) is 23.0. The summed E-state index contributed by atoms with van der Waals surface area (Å²) in [7, 11) is 1.93. The molecule has 0 radical (unpaired) electrons. The number of aromatic nitrogens is 3. The molecule has 0 atom stereocenters. The highest BCUT2D eigenvalue weighted by molar-refractivity contribution is 6.32. The van der Waals surface area contributed by atoms with Crippen molar-refractivity contribution in [2.75, 3.05) is 24.6 Å². The summed E-state index contributed by atoms with van der Waals surface area (Å²) in [6.07, 6.45) is 3.40. The number of hydrogen-bond donors (Lipinski definition) is 3. The van der Waals surface area contributed by atoms with E-state index in [-0.39, 0.29) is 18.0 Å². The Hall–Kier alpha value is -4.76. The number of aromatic amines is 1. The smallest absolute Gasteiger partial charge is 0.337 e. The van der Waals surface area contributed by atoms with E-state index in [0.717, 1.165) is 98.1 Å². The third-order valence-electron chi connectivity index (χ3n) is 9.39. The molecule has 6 rings (SSSR count). The van der Waals surface area contributed by atoms with Gasteiger partial charge in [0.25, 0.3) is 5.91 Å². The Balaban J connectivity index is 1.28. The summed E-state index contributed by atoms with van der Waals surface area (Å²) in [6, 6.07) is 15.4. The lowest BCUT2D eigenvalue weighted by Crippen LogP contribution is -2.25. The molecule has 5 aromatic rings. The first kappa shape index (κ1) is 33.2. The predicted molar refractivity (Wildman–Crippen MR) is 191 cm³/mol. The third-order valence-corrected chi connectivity index (χ3v) is 9.98. The molecule has 9 nitrogen and oxygen atoms in total. The van der Waals surface area contributed by atoms with Gasteiger partial charge in [0.2, 0.25) is 0 Å². The monoisotopic (exact) mass is 667 g/mol. The number of benzene rings is 3. The van der Waals surface area contributed by atoms with Gasteiger partial charge in [-0.1, -0.05) is 35.9 Å². The van der Waals surface area contributed by atoms with Crippen LogP contribution in [0.2, 0.25) is 5.02 Å². The minimum atomic E-state index is -0.970. The molecule has 0 saturated carbocycles. The molecule has 0 unspecified atom stereocenters. The van der Waals surface area contributed by atoms with Gasteiger partial charge in [0, 0.05) is 53.9 Å². The largest absolute Gasteiger partial charge is 0.494 e. The second-order valence-electron chi connectivity index (χ2n) is 12.7. The molecule has 1 aliphatic rings. The van der Waals surface area contributed by atoms with Crippen LogP contribution in [0.3, 0.4) is 0 Å². The van der Waals surface area contributed by atoms with Crippen LogP contribution in [0.25, 0.3) is 22.0 Å². The summed E-state index contributed by atoms with van der Waals surface area (Å²) in [6.45, 7) is 10.3. The fourth-order valence-corrected chi connectivity index (χ4v) is 7.01. The first-order valence-corrected chi connectivity index (χ1v) is 16.8. The van der Waals surface area contributed by atoms with E-state index in [2.05, 4.69) is 26.4 Å². The normalized spacial score (nSPS) is 13.0. The third kappa shape index (κ3) is 6.52. The number of aromatic carboxylic acids is 1. The van der Waals surface area contributed by atoms with Gasteiger partial charge in [-0.3, -0.25) is 9.48 Å². The summed E-state index contributed by atoms with van der Waals surface area (Å²) < 4.78 is 7.99. The first-order valence-electron chi connectivity index (χ1n) is 16.5. The Kier molecular flexibility index (Phi) is 9.51. The number of halogens is 1. The molecule has 1 fully saturated rings. The number of H-pyrrole nitrogens is 1. The van der Waals surface area contributed by atoms with E-state index in [1.54, 1.807) is 6.07 Å². The van der Waals surface area contributed by atoms with Crippen LogP contribution in [-0.4, -0.2) is 51.4 Å². The van der Waals surface area contributed by atoms with Crippen molar-refractivity contribution < 1.29 is 19.4 Å². The van der Waals surface area contributed by atoms with E-state index in [0.29, 0.717) is 25.1 Å². The van der Waals surface area contributed by atoms with E-state index in [1.807, 2.05) is 75.8 Å². The fraction of sp³-hybridized carbons (Fsp3) is 0.342. The van der Waals surface area contributed by atoms with Crippen LogP contribution in [0, 0.1) is 27.7 Å². The Morgan fingerprint density at radius 3 is 2.44 bits per heavy atom. The van der Waals surface area contributed by atoms with Gasteiger partial charge in [0.1, 0.15) is 11.4 Å².